The van der Waals surface area contributed by atoms with Crippen molar-refractivity contribution >= 4 is 23.4 Å². The standard InChI is InChI=1S/C20H22F2N2O.C3H6O3/c21-18-12-11-17(13-19(18)22)24(16-9-5-2-6-10-16)20(25)23-14-15-7-3-1-4-8-15;1-6-2-3(4)5/h2,5-6,9-13,15H,1,3-4,7-8,14H2,(H,23,25);2H2,1H3,(H,4,5). The predicted molar refractivity (Wildman–Crippen MR) is 114 cm³/mol. The highest BCUT2D eigenvalue weighted by atomic mass is 19.2. The molecule has 1 saturated carbocycles. The maximum absolute atomic E-state index is 13.7. The Morgan fingerprint density at radius 1 is 1.03 bits per heavy atom. The minimum absolute atomic E-state index is 0.208. The summed E-state index contributed by atoms with van der Waals surface area (Å²) in [5.41, 5.74) is 0.904. The highest BCUT2D eigenvalue weighted by Crippen LogP contribution is 2.27. The zero-order valence-corrected chi connectivity index (χ0v) is 17.5. The van der Waals surface area contributed by atoms with Crippen LogP contribution in [0.3, 0.4) is 0 Å². The molecular weight excluding hydrogens is 406 g/mol. The van der Waals surface area contributed by atoms with E-state index in [1.165, 1.54) is 37.3 Å². The van der Waals surface area contributed by atoms with Crippen molar-refractivity contribution in [1.82, 2.24) is 5.32 Å². The average molecular weight is 434 g/mol. The van der Waals surface area contributed by atoms with Gasteiger partial charge in [0, 0.05) is 19.7 Å². The molecule has 1 fully saturated rings. The first-order valence-electron chi connectivity index (χ1n) is 10.2. The molecule has 0 spiro atoms. The van der Waals surface area contributed by atoms with E-state index in [4.69, 9.17) is 5.11 Å². The van der Waals surface area contributed by atoms with Crippen LogP contribution < -0.4 is 10.2 Å². The molecule has 0 aromatic heterocycles. The van der Waals surface area contributed by atoms with Gasteiger partial charge in [-0.15, -0.1) is 0 Å². The molecule has 3 rings (SSSR count). The minimum atomic E-state index is -0.974. The molecule has 2 N–H and O–H groups in total. The molecule has 6 nitrogen and oxygen atoms in total. The van der Waals surface area contributed by atoms with Gasteiger partial charge in [-0.1, -0.05) is 37.5 Å². The Labute approximate surface area is 180 Å². The van der Waals surface area contributed by atoms with Gasteiger partial charge in [0.25, 0.3) is 0 Å². The maximum Gasteiger partial charge on any atom is 0.329 e. The summed E-state index contributed by atoms with van der Waals surface area (Å²) in [7, 11) is 1.34. The molecule has 0 saturated heterocycles. The molecule has 8 heteroatoms. The van der Waals surface area contributed by atoms with Crippen molar-refractivity contribution in [1.29, 1.82) is 0 Å². The molecule has 0 heterocycles. The number of hydrogen-bond acceptors (Lipinski definition) is 3. The Morgan fingerprint density at radius 2 is 1.71 bits per heavy atom. The summed E-state index contributed by atoms with van der Waals surface area (Å²) in [5.74, 6) is -2.35. The van der Waals surface area contributed by atoms with Crippen molar-refractivity contribution in [3.63, 3.8) is 0 Å². The van der Waals surface area contributed by atoms with Crippen LogP contribution in [0.1, 0.15) is 32.1 Å². The fourth-order valence-corrected chi connectivity index (χ4v) is 3.41. The van der Waals surface area contributed by atoms with Crippen LogP contribution in [0.4, 0.5) is 25.0 Å². The summed E-state index contributed by atoms with van der Waals surface area (Å²) >= 11 is 0. The Kier molecular flexibility index (Phi) is 9.90. The first-order valence-corrected chi connectivity index (χ1v) is 10.2. The molecule has 0 atom stereocenters. The van der Waals surface area contributed by atoms with Gasteiger partial charge in [-0.25, -0.2) is 18.4 Å². The van der Waals surface area contributed by atoms with E-state index >= 15 is 0 Å². The molecule has 168 valence electrons. The lowest BCUT2D eigenvalue weighted by Crippen LogP contribution is -2.39. The van der Waals surface area contributed by atoms with Crippen LogP contribution in [0, 0.1) is 17.6 Å². The van der Waals surface area contributed by atoms with Crippen LogP contribution >= 0.6 is 0 Å². The first-order chi connectivity index (χ1) is 14.9. The number of anilines is 2. The number of para-hydroxylation sites is 1. The second kappa shape index (κ2) is 12.6. The van der Waals surface area contributed by atoms with E-state index < -0.39 is 17.6 Å². The number of carbonyl (C=O) groups is 2. The largest absolute Gasteiger partial charge is 0.480 e. The second-order valence-electron chi connectivity index (χ2n) is 7.29. The lowest BCUT2D eigenvalue weighted by molar-refractivity contribution is -0.141. The molecule has 2 aromatic rings. The maximum atomic E-state index is 13.7. The third kappa shape index (κ3) is 7.97. The van der Waals surface area contributed by atoms with Gasteiger partial charge in [-0.2, -0.15) is 0 Å². The molecule has 2 amide bonds. The topological polar surface area (TPSA) is 78.9 Å². The lowest BCUT2D eigenvalue weighted by atomic mass is 9.89. The summed E-state index contributed by atoms with van der Waals surface area (Å²) in [6.07, 6.45) is 5.90. The minimum Gasteiger partial charge on any atom is -0.480 e. The summed E-state index contributed by atoms with van der Waals surface area (Å²) < 4.78 is 31.1. The van der Waals surface area contributed by atoms with Gasteiger partial charge < -0.3 is 15.2 Å². The van der Waals surface area contributed by atoms with Crippen LogP contribution in [-0.2, 0) is 9.53 Å². The van der Waals surface area contributed by atoms with Crippen LogP contribution in [0.15, 0.2) is 48.5 Å². The molecular formula is C23H28F2N2O4. The Hall–Kier alpha value is -3.00. The number of nitrogens with zero attached hydrogens (tertiary/aromatic N) is 1. The number of carboxylic acids is 1. The SMILES string of the molecule is COCC(=O)O.O=C(NCC1CCCCC1)N(c1ccccc1)c1ccc(F)c(F)c1. The summed E-state index contributed by atoms with van der Waals surface area (Å²) in [4.78, 5) is 23.6. The molecule has 1 aliphatic carbocycles. The number of benzene rings is 2. The zero-order chi connectivity index (χ0) is 22.6. The molecule has 0 aliphatic heterocycles. The molecule has 1 aliphatic rings. The number of urea groups is 1. The second-order valence-corrected chi connectivity index (χ2v) is 7.29. The van der Waals surface area contributed by atoms with Gasteiger partial charge in [-0.3, -0.25) is 4.90 Å². The van der Waals surface area contributed by atoms with Crippen LogP contribution in [0.25, 0.3) is 0 Å². The zero-order valence-electron chi connectivity index (χ0n) is 17.5. The van der Waals surface area contributed by atoms with Crippen molar-refractivity contribution < 1.29 is 28.2 Å². The fourth-order valence-electron chi connectivity index (χ4n) is 3.41. The van der Waals surface area contributed by atoms with Gasteiger partial charge >= 0.3 is 12.0 Å². The third-order valence-corrected chi connectivity index (χ3v) is 4.91. The van der Waals surface area contributed by atoms with Crippen molar-refractivity contribution in [2.45, 2.75) is 32.1 Å². The van der Waals surface area contributed by atoms with Crippen LogP contribution in [0.5, 0.6) is 0 Å². The molecule has 0 radical (unpaired) electrons. The lowest BCUT2D eigenvalue weighted by Gasteiger charge is -2.26. The third-order valence-electron chi connectivity index (χ3n) is 4.91. The predicted octanol–water partition coefficient (Wildman–Crippen LogP) is 5.11. The number of aliphatic carboxylic acids is 1. The number of methoxy groups -OCH3 is 1. The summed E-state index contributed by atoms with van der Waals surface area (Å²) in [5, 5.41) is 10.7. The molecule has 0 unspecified atom stereocenters. The molecule has 0 bridgehead atoms. The smallest absolute Gasteiger partial charge is 0.329 e. The van der Waals surface area contributed by atoms with E-state index in [1.807, 2.05) is 6.07 Å². The van der Waals surface area contributed by atoms with E-state index in [-0.39, 0.29) is 12.6 Å². The number of amides is 2. The van der Waals surface area contributed by atoms with Gasteiger partial charge in [0.1, 0.15) is 6.61 Å². The van der Waals surface area contributed by atoms with Gasteiger partial charge in [0.15, 0.2) is 11.6 Å². The highest BCUT2D eigenvalue weighted by molar-refractivity contribution is 5.99. The Balaban J connectivity index is 0.000000501. The number of halogens is 2. The molecule has 2 aromatic carbocycles. The van der Waals surface area contributed by atoms with Crippen molar-refractivity contribution in [3.8, 4) is 0 Å². The average Bonchev–Trinajstić information content (AvgIpc) is 2.77. The van der Waals surface area contributed by atoms with E-state index in [0.717, 1.165) is 25.0 Å². The number of ether oxygens (including phenoxy) is 1. The Bertz CT molecular complexity index is 843. The summed E-state index contributed by atoms with van der Waals surface area (Å²) in [6.45, 7) is 0.395. The van der Waals surface area contributed by atoms with Gasteiger partial charge in [0.2, 0.25) is 0 Å². The van der Waals surface area contributed by atoms with Crippen molar-refractivity contribution in [2.75, 3.05) is 25.2 Å². The number of nitrogens with one attached hydrogen (secondary N) is 1. The fraction of sp³-hybridized carbons (Fsp3) is 0.391. The van der Waals surface area contributed by atoms with Crippen molar-refractivity contribution in [3.05, 3.63) is 60.2 Å². The quantitative estimate of drug-likeness (QED) is 0.662. The van der Waals surface area contributed by atoms with E-state index in [1.54, 1.807) is 24.3 Å². The number of carbonyl (C=O) groups excluding carboxylic acids is 1. The number of carboxylic acid groups (broad SMARTS) is 1. The van der Waals surface area contributed by atoms with Crippen molar-refractivity contribution in [2.24, 2.45) is 5.92 Å². The Morgan fingerprint density at radius 3 is 2.26 bits per heavy atom. The van der Waals surface area contributed by atoms with E-state index in [2.05, 4.69) is 10.1 Å². The van der Waals surface area contributed by atoms with E-state index in [9.17, 15) is 18.4 Å². The van der Waals surface area contributed by atoms with Gasteiger partial charge in [-0.05, 0) is 43.0 Å². The number of rotatable bonds is 6. The van der Waals surface area contributed by atoms with Gasteiger partial charge in [0.05, 0.1) is 11.4 Å². The number of hydrogen-bond donors (Lipinski definition) is 2. The highest BCUT2D eigenvalue weighted by Gasteiger charge is 2.21. The monoisotopic (exact) mass is 434 g/mol. The van der Waals surface area contributed by atoms with E-state index in [0.29, 0.717) is 23.8 Å². The van der Waals surface area contributed by atoms with Crippen LogP contribution in [-0.4, -0.2) is 37.4 Å². The first kappa shape index (κ1) is 24.3. The van der Waals surface area contributed by atoms with Crippen LogP contribution in [0.2, 0.25) is 0 Å². The normalized spacial score (nSPS) is 13.6. The summed E-state index contributed by atoms with van der Waals surface area (Å²) in [6, 6.07) is 12.1. The molecule has 31 heavy (non-hydrogen) atoms.